The summed E-state index contributed by atoms with van der Waals surface area (Å²) in [6, 6.07) is 0.546. The quantitative estimate of drug-likeness (QED) is 0.546. The number of nitrogens with two attached hydrogens (primary N) is 1. The van der Waals surface area contributed by atoms with Gasteiger partial charge < -0.3 is 15.4 Å². The number of likely N-dealkylation sites (N-methyl/N-ethyl adjacent to an activating group) is 1. The van der Waals surface area contributed by atoms with E-state index < -0.39 is 0 Å². The summed E-state index contributed by atoms with van der Waals surface area (Å²) < 4.78 is 5.59. The van der Waals surface area contributed by atoms with Gasteiger partial charge in [0.1, 0.15) is 0 Å². The predicted octanol–water partition coefficient (Wildman–Crippen LogP) is 1.20. The minimum atomic E-state index is 0.308. The average Bonchev–Trinajstić information content (AvgIpc) is 2.76. The Morgan fingerprint density at radius 2 is 2.25 bits per heavy atom. The SMILES string of the molecule is CC1OCCC1N(C)CC1(CC(=N)N)CC1. The molecule has 0 radical (unpaired) electrons. The largest absolute Gasteiger partial charge is 0.388 e. The van der Waals surface area contributed by atoms with Gasteiger partial charge in [0, 0.05) is 25.6 Å². The minimum Gasteiger partial charge on any atom is -0.388 e. The molecule has 0 spiro atoms. The first-order valence-electron chi connectivity index (χ1n) is 6.17. The van der Waals surface area contributed by atoms with Crippen LogP contribution in [0.5, 0.6) is 0 Å². The zero-order chi connectivity index (χ0) is 11.8. The third kappa shape index (κ3) is 2.55. The lowest BCUT2D eigenvalue weighted by atomic mass is 9.99. The topological polar surface area (TPSA) is 62.3 Å². The highest BCUT2D eigenvalue weighted by atomic mass is 16.5. The van der Waals surface area contributed by atoms with Crippen LogP contribution in [0.4, 0.5) is 0 Å². The van der Waals surface area contributed by atoms with Crippen molar-refractivity contribution in [3.05, 3.63) is 0 Å². The van der Waals surface area contributed by atoms with Gasteiger partial charge in [0.05, 0.1) is 11.9 Å². The second kappa shape index (κ2) is 4.34. The van der Waals surface area contributed by atoms with Crippen LogP contribution in [0.2, 0.25) is 0 Å². The monoisotopic (exact) mass is 225 g/mol. The van der Waals surface area contributed by atoms with Crippen LogP contribution in [0.25, 0.3) is 0 Å². The molecular formula is C12H23N3O. The molecule has 1 aliphatic carbocycles. The molecule has 2 unspecified atom stereocenters. The first-order chi connectivity index (χ1) is 7.52. The van der Waals surface area contributed by atoms with E-state index in [1.165, 1.54) is 12.8 Å². The fraction of sp³-hybridized carbons (Fsp3) is 0.917. The van der Waals surface area contributed by atoms with Crippen LogP contribution in [-0.4, -0.2) is 43.1 Å². The van der Waals surface area contributed by atoms with Gasteiger partial charge in [0.25, 0.3) is 0 Å². The zero-order valence-electron chi connectivity index (χ0n) is 10.3. The van der Waals surface area contributed by atoms with Crippen LogP contribution < -0.4 is 5.73 Å². The van der Waals surface area contributed by atoms with Gasteiger partial charge in [-0.2, -0.15) is 0 Å². The van der Waals surface area contributed by atoms with Gasteiger partial charge >= 0.3 is 0 Å². The third-order valence-electron chi connectivity index (χ3n) is 4.01. The summed E-state index contributed by atoms with van der Waals surface area (Å²) in [4.78, 5) is 2.41. The fourth-order valence-corrected chi connectivity index (χ4v) is 2.92. The van der Waals surface area contributed by atoms with Crippen molar-refractivity contribution in [1.29, 1.82) is 5.41 Å². The lowest BCUT2D eigenvalue weighted by Gasteiger charge is -2.30. The van der Waals surface area contributed by atoms with Crippen molar-refractivity contribution in [2.45, 2.75) is 44.8 Å². The molecule has 92 valence electrons. The van der Waals surface area contributed by atoms with Crippen molar-refractivity contribution in [1.82, 2.24) is 4.90 Å². The van der Waals surface area contributed by atoms with E-state index in [4.69, 9.17) is 15.9 Å². The second-order valence-electron chi connectivity index (χ2n) is 5.55. The molecule has 4 heteroatoms. The van der Waals surface area contributed by atoms with E-state index in [1.54, 1.807) is 0 Å². The number of amidine groups is 1. The van der Waals surface area contributed by atoms with Crippen LogP contribution in [0.15, 0.2) is 0 Å². The van der Waals surface area contributed by atoms with E-state index >= 15 is 0 Å². The molecule has 1 saturated carbocycles. The Balaban J connectivity index is 1.87. The Hall–Kier alpha value is -0.610. The van der Waals surface area contributed by atoms with Gasteiger partial charge in [-0.25, -0.2) is 0 Å². The highest BCUT2D eigenvalue weighted by molar-refractivity contribution is 5.78. The number of rotatable bonds is 5. The van der Waals surface area contributed by atoms with Gasteiger partial charge in [0.15, 0.2) is 0 Å². The molecule has 0 bridgehead atoms. The first-order valence-corrected chi connectivity index (χ1v) is 6.17. The maximum absolute atomic E-state index is 7.42. The summed E-state index contributed by atoms with van der Waals surface area (Å²) in [5.74, 6) is 0.335. The molecule has 0 amide bonds. The molecule has 4 nitrogen and oxygen atoms in total. The van der Waals surface area contributed by atoms with Crippen molar-refractivity contribution >= 4 is 5.84 Å². The molecule has 2 atom stereocenters. The number of nitrogens with one attached hydrogen (secondary N) is 1. The minimum absolute atomic E-state index is 0.308. The van der Waals surface area contributed by atoms with Crippen molar-refractivity contribution in [3.8, 4) is 0 Å². The molecule has 16 heavy (non-hydrogen) atoms. The summed E-state index contributed by atoms with van der Waals surface area (Å²) in [6.07, 6.45) is 4.68. The fourth-order valence-electron chi connectivity index (χ4n) is 2.92. The summed E-state index contributed by atoms with van der Waals surface area (Å²) >= 11 is 0. The van der Waals surface area contributed by atoms with Crippen LogP contribution in [0.1, 0.15) is 32.6 Å². The number of nitrogens with zero attached hydrogens (tertiary/aromatic N) is 1. The standard InChI is InChI=1S/C12H23N3O/c1-9-10(3-6-16-9)15(2)8-12(4-5-12)7-11(13)14/h9-10H,3-8H2,1-2H3,(H3,13,14). The van der Waals surface area contributed by atoms with Gasteiger partial charge in [-0.05, 0) is 38.6 Å². The lowest BCUT2D eigenvalue weighted by Crippen LogP contribution is -2.41. The summed E-state index contributed by atoms with van der Waals surface area (Å²) in [6.45, 7) is 4.10. The molecule has 2 aliphatic rings. The normalized spacial score (nSPS) is 31.9. The second-order valence-corrected chi connectivity index (χ2v) is 5.55. The summed E-state index contributed by atoms with van der Waals surface area (Å²) in [7, 11) is 2.18. The zero-order valence-corrected chi connectivity index (χ0v) is 10.3. The van der Waals surface area contributed by atoms with Crippen molar-refractivity contribution in [3.63, 3.8) is 0 Å². The van der Waals surface area contributed by atoms with E-state index in [0.29, 0.717) is 23.4 Å². The summed E-state index contributed by atoms with van der Waals surface area (Å²) in [5, 5.41) is 7.42. The lowest BCUT2D eigenvalue weighted by molar-refractivity contribution is 0.0767. The highest BCUT2D eigenvalue weighted by Crippen LogP contribution is 2.49. The van der Waals surface area contributed by atoms with Gasteiger partial charge in [-0.3, -0.25) is 5.41 Å². The van der Waals surface area contributed by atoms with Crippen LogP contribution in [0.3, 0.4) is 0 Å². The number of ether oxygens (including phenoxy) is 1. The maximum atomic E-state index is 7.42. The Labute approximate surface area is 97.6 Å². The van der Waals surface area contributed by atoms with Crippen molar-refractivity contribution in [2.75, 3.05) is 20.2 Å². The highest BCUT2D eigenvalue weighted by Gasteiger charge is 2.45. The molecule has 1 saturated heterocycles. The van der Waals surface area contributed by atoms with E-state index in [1.807, 2.05) is 0 Å². The molecule has 2 fully saturated rings. The number of hydrogen-bond acceptors (Lipinski definition) is 3. The van der Waals surface area contributed by atoms with Crippen LogP contribution >= 0.6 is 0 Å². The van der Waals surface area contributed by atoms with E-state index in [2.05, 4.69) is 18.9 Å². The third-order valence-corrected chi connectivity index (χ3v) is 4.01. The van der Waals surface area contributed by atoms with Crippen LogP contribution in [-0.2, 0) is 4.74 Å². The van der Waals surface area contributed by atoms with Gasteiger partial charge in [0.2, 0.25) is 0 Å². The molecule has 1 aliphatic heterocycles. The molecular weight excluding hydrogens is 202 g/mol. The Kier molecular flexibility index (Phi) is 3.22. The van der Waals surface area contributed by atoms with E-state index in [9.17, 15) is 0 Å². The number of hydrogen-bond donors (Lipinski definition) is 2. The summed E-state index contributed by atoms with van der Waals surface area (Å²) in [5.41, 5.74) is 5.82. The Bertz CT molecular complexity index is 275. The Morgan fingerprint density at radius 3 is 2.69 bits per heavy atom. The smallest absolute Gasteiger partial charge is 0.0911 e. The van der Waals surface area contributed by atoms with Crippen LogP contribution in [0, 0.1) is 10.8 Å². The molecule has 3 N–H and O–H groups in total. The molecule has 0 aromatic heterocycles. The van der Waals surface area contributed by atoms with Gasteiger partial charge in [-0.1, -0.05) is 0 Å². The first kappa shape index (κ1) is 11.9. The van der Waals surface area contributed by atoms with Crippen molar-refractivity contribution in [2.24, 2.45) is 11.1 Å². The molecule has 1 heterocycles. The maximum Gasteiger partial charge on any atom is 0.0911 e. The van der Waals surface area contributed by atoms with E-state index in [0.717, 1.165) is 26.0 Å². The van der Waals surface area contributed by atoms with Gasteiger partial charge in [-0.15, -0.1) is 0 Å². The molecule has 0 aromatic rings. The van der Waals surface area contributed by atoms with Crippen molar-refractivity contribution < 1.29 is 4.74 Å². The average molecular weight is 225 g/mol. The van der Waals surface area contributed by atoms with E-state index in [-0.39, 0.29) is 0 Å². The molecule has 2 rings (SSSR count). The predicted molar refractivity (Wildman–Crippen MR) is 64.6 cm³/mol. The molecule has 0 aromatic carbocycles. The Morgan fingerprint density at radius 1 is 1.56 bits per heavy atom.